The Morgan fingerprint density at radius 3 is 2.58 bits per heavy atom. The van der Waals surface area contributed by atoms with E-state index in [1.165, 1.54) is 17.7 Å². The lowest BCUT2D eigenvalue weighted by molar-refractivity contribution is 0.628. The van der Waals surface area contributed by atoms with Crippen molar-refractivity contribution in [1.29, 1.82) is 0 Å². The number of thiocarbonyl (C=S) groups is 1. The lowest BCUT2D eigenvalue weighted by Gasteiger charge is -2.12. The van der Waals surface area contributed by atoms with Gasteiger partial charge in [0.1, 0.15) is 5.82 Å². The van der Waals surface area contributed by atoms with E-state index in [2.05, 4.69) is 27.9 Å². The lowest BCUT2D eigenvalue weighted by atomic mass is 10.2. The topological polar surface area (TPSA) is 41.9 Å². The summed E-state index contributed by atoms with van der Waals surface area (Å²) >= 11 is 11.2. The van der Waals surface area contributed by atoms with Crippen molar-refractivity contribution in [3.05, 3.63) is 76.3 Å². The van der Waals surface area contributed by atoms with Gasteiger partial charge in [0, 0.05) is 5.69 Å². The Bertz CT molecular complexity index is 940. The zero-order valence-corrected chi connectivity index (χ0v) is 16.0. The number of halogens is 2. The van der Waals surface area contributed by atoms with Crippen LogP contribution in [0.25, 0.3) is 0 Å². The van der Waals surface area contributed by atoms with Crippen LogP contribution in [0, 0.1) is 19.7 Å². The molecule has 1 aromatic heterocycles. The molecule has 1 heterocycles. The molecule has 4 nitrogen and oxygen atoms in total. The van der Waals surface area contributed by atoms with Crippen LogP contribution in [-0.4, -0.2) is 14.9 Å². The Morgan fingerprint density at radius 2 is 1.88 bits per heavy atom. The van der Waals surface area contributed by atoms with E-state index in [0.29, 0.717) is 17.3 Å². The minimum absolute atomic E-state index is 0.0424. The van der Waals surface area contributed by atoms with Crippen LogP contribution in [0.2, 0.25) is 5.02 Å². The molecule has 26 heavy (non-hydrogen) atoms. The first kappa shape index (κ1) is 18.4. The van der Waals surface area contributed by atoms with Crippen molar-refractivity contribution in [2.24, 2.45) is 0 Å². The van der Waals surface area contributed by atoms with Crippen molar-refractivity contribution in [2.75, 3.05) is 10.6 Å². The summed E-state index contributed by atoms with van der Waals surface area (Å²) in [4.78, 5) is 0. The third-order valence-corrected chi connectivity index (χ3v) is 4.47. The largest absolute Gasteiger partial charge is 0.332 e. The van der Waals surface area contributed by atoms with Crippen LogP contribution in [0.5, 0.6) is 0 Å². The molecular formula is C19H18ClFN4S. The maximum atomic E-state index is 13.3. The van der Waals surface area contributed by atoms with Crippen LogP contribution in [-0.2, 0) is 6.54 Å². The molecule has 134 valence electrons. The number of nitrogens with one attached hydrogen (secondary N) is 2. The van der Waals surface area contributed by atoms with Gasteiger partial charge >= 0.3 is 0 Å². The second kappa shape index (κ2) is 7.85. The number of benzene rings is 2. The smallest absolute Gasteiger partial charge is 0.175 e. The number of anilines is 2. The van der Waals surface area contributed by atoms with Crippen molar-refractivity contribution in [1.82, 2.24) is 9.78 Å². The molecule has 2 aromatic carbocycles. The van der Waals surface area contributed by atoms with E-state index in [9.17, 15) is 4.39 Å². The van der Waals surface area contributed by atoms with Gasteiger partial charge in [0.25, 0.3) is 0 Å². The van der Waals surface area contributed by atoms with Crippen molar-refractivity contribution < 1.29 is 4.39 Å². The molecule has 3 aromatic rings. The number of rotatable bonds is 4. The molecule has 0 aliphatic rings. The predicted octanol–water partition coefficient (Wildman–Crippen LogP) is 5.15. The number of hydrogen-bond acceptors (Lipinski definition) is 2. The van der Waals surface area contributed by atoms with Crippen LogP contribution in [0.3, 0.4) is 0 Å². The summed E-state index contributed by atoms with van der Waals surface area (Å²) in [5.41, 5.74) is 4.46. The number of hydrogen-bond donors (Lipinski definition) is 2. The highest BCUT2D eigenvalue weighted by molar-refractivity contribution is 7.80. The third-order valence-electron chi connectivity index (χ3n) is 3.97. The molecule has 0 amide bonds. The molecule has 0 unspecified atom stereocenters. The van der Waals surface area contributed by atoms with Gasteiger partial charge in [-0.25, -0.2) is 4.39 Å². The second-order valence-electron chi connectivity index (χ2n) is 5.90. The average molecular weight is 389 g/mol. The van der Waals surface area contributed by atoms with Crippen LogP contribution in [0.15, 0.2) is 48.5 Å². The van der Waals surface area contributed by atoms with E-state index in [1.807, 2.05) is 36.7 Å². The van der Waals surface area contributed by atoms with Crippen molar-refractivity contribution in [3.8, 4) is 0 Å². The first-order valence-electron chi connectivity index (χ1n) is 8.05. The van der Waals surface area contributed by atoms with Crippen LogP contribution < -0.4 is 10.6 Å². The molecule has 0 saturated heterocycles. The molecule has 0 aliphatic heterocycles. The SMILES string of the molecule is Cc1nn(Cc2ccccc2)c(C)c1NC(=S)Nc1ccc(F)c(Cl)c1. The Balaban J connectivity index is 1.73. The van der Waals surface area contributed by atoms with Gasteiger partial charge in [-0.2, -0.15) is 5.10 Å². The second-order valence-corrected chi connectivity index (χ2v) is 6.71. The Hall–Kier alpha value is -2.44. The van der Waals surface area contributed by atoms with Gasteiger partial charge in [-0.1, -0.05) is 41.9 Å². The van der Waals surface area contributed by atoms with Crippen LogP contribution >= 0.6 is 23.8 Å². The standard InChI is InChI=1S/C19H18ClFN4S/c1-12-18(13(2)25(24-12)11-14-6-4-3-5-7-14)23-19(26)22-15-8-9-17(21)16(20)10-15/h3-10H,11H2,1-2H3,(H2,22,23,26). The molecule has 0 radical (unpaired) electrons. The maximum absolute atomic E-state index is 13.3. The molecule has 0 saturated carbocycles. The highest BCUT2D eigenvalue weighted by Gasteiger charge is 2.13. The van der Waals surface area contributed by atoms with Crippen molar-refractivity contribution in [2.45, 2.75) is 20.4 Å². The summed E-state index contributed by atoms with van der Waals surface area (Å²) in [6, 6.07) is 14.5. The fourth-order valence-electron chi connectivity index (χ4n) is 2.64. The molecule has 0 fully saturated rings. The summed E-state index contributed by atoms with van der Waals surface area (Å²) in [7, 11) is 0. The molecule has 0 atom stereocenters. The molecule has 0 aliphatic carbocycles. The Labute approximate surface area is 162 Å². The van der Waals surface area contributed by atoms with Crippen molar-refractivity contribution >= 4 is 40.3 Å². The predicted molar refractivity (Wildman–Crippen MR) is 108 cm³/mol. The monoisotopic (exact) mass is 388 g/mol. The van der Waals surface area contributed by atoms with E-state index in [0.717, 1.165) is 17.1 Å². The fraction of sp³-hybridized carbons (Fsp3) is 0.158. The summed E-state index contributed by atoms with van der Waals surface area (Å²) in [6.07, 6.45) is 0. The van der Waals surface area contributed by atoms with E-state index >= 15 is 0 Å². The first-order valence-corrected chi connectivity index (χ1v) is 8.83. The minimum atomic E-state index is -0.468. The number of aryl methyl sites for hydroxylation is 1. The van der Waals surface area contributed by atoms with Gasteiger partial charge in [0.2, 0.25) is 0 Å². The van der Waals surface area contributed by atoms with E-state index in [-0.39, 0.29) is 5.02 Å². The zero-order valence-electron chi connectivity index (χ0n) is 14.4. The quantitative estimate of drug-likeness (QED) is 0.606. The van der Waals surface area contributed by atoms with Gasteiger partial charge in [-0.3, -0.25) is 4.68 Å². The maximum Gasteiger partial charge on any atom is 0.175 e. The molecule has 7 heteroatoms. The summed E-state index contributed by atoms with van der Waals surface area (Å²) in [5, 5.41) is 11.2. The summed E-state index contributed by atoms with van der Waals surface area (Å²) < 4.78 is 15.2. The normalized spacial score (nSPS) is 10.6. The Morgan fingerprint density at radius 1 is 1.15 bits per heavy atom. The van der Waals surface area contributed by atoms with Gasteiger partial charge in [-0.15, -0.1) is 0 Å². The number of aromatic nitrogens is 2. The summed E-state index contributed by atoms with van der Waals surface area (Å²) in [6.45, 7) is 4.60. The van der Waals surface area contributed by atoms with Crippen molar-refractivity contribution in [3.63, 3.8) is 0 Å². The highest BCUT2D eigenvalue weighted by atomic mass is 35.5. The van der Waals surface area contributed by atoms with Crippen LogP contribution in [0.4, 0.5) is 15.8 Å². The third kappa shape index (κ3) is 4.20. The lowest BCUT2D eigenvalue weighted by Crippen LogP contribution is -2.20. The Kier molecular flexibility index (Phi) is 5.54. The zero-order chi connectivity index (χ0) is 18.7. The van der Waals surface area contributed by atoms with E-state index < -0.39 is 5.82 Å². The van der Waals surface area contributed by atoms with E-state index in [1.54, 1.807) is 6.07 Å². The van der Waals surface area contributed by atoms with Gasteiger partial charge in [-0.05, 0) is 49.8 Å². The van der Waals surface area contributed by atoms with E-state index in [4.69, 9.17) is 23.8 Å². The van der Waals surface area contributed by atoms with Gasteiger partial charge < -0.3 is 10.6 Å². The van der Waals surface area contributed by atoms with Gasteiger partial charge in [0.15, 0.2) is 5.11 Å². The number of nitrogens with zero attached hydrogens (tertiary/aromatic N) is 2. The minimum Gasteiger partial charge on any atom is -0.332 e. The fourth-order valence-corrected chi connectivity index (χ4v) is 3.04. The first-order chi connectivity index (χ1) is 12.4. The highest BCUT2D eigenvalue weighted by Crippen LogP contribution is 2.22. The average Bonchev–Trinajstić information content (AvgIpc) is 2.86. The molecule has 0 spiro atoms. The molecular weight excluding hydrogens is 371 g/mol. The molecule has 3 rings (SSSR count). The van der Waals surface area contributed by atoms with Gasteiger partial charge in [0.05, 0.1) is 28.6 Å². The molecule has 2 N–H and O–H groups in total. The van der Waals surface area contributed by atoms with Crippen LogP contribution in [0.1, 0.15) is 17.0 Å². The molecule has 0 bridgehead atoms. The summed E-state index contributed by atoms with van der Waals surface area (Å²) in [5.74, 6) is -0.468.